The highest BCUT2D eigenvalue weighted by Crippen LogP contribution is 2.20. The minimum atomic E-state index is 0.0839. The van der Waals surface area contributed by atoms with Gasteiger partial charge in [0.05, 0.1) is 5.69 Å². The van der Waals surface area contributed by atoms with Crippen molar-refractivity contribution in [2.75, 3.05) is 0 Å². The van der Waals surface area contributed by atoms with Crippen LogP contribution in [0.5, 0.6) is 0 Å². The predicted octanol–water partition coefficient (Wildman–Crippen LogP) is 2.28. The van der Waals surface area contributed by atoms with Gasteiger partial charge in [0.2, 0.25) is 0 Å². The second kappa shape index (κ2) is 6.17. The Hall–Kier alpha value is -1.39. The van der Waals surface area contributed by atoms with Gasteiger partial charge in [0.15, 0.2) is 0 Å². The average Bonchev–Trinajstić information content (AvgIpc) is 2.64. The van der Waals surface area contributed by atoms with Gasteiger partial charge in [0.25, 0.3) is 0 Å². The van der Waals surface area contributed by atoms with Crippen LogP contribution in [0.25, 0.3) is 0 Å². The van der Waals surface area contributed by atoms with Gasteiger partial charge in [-0.1, -0.05) is 17.7 Å². The third-order valence-corrected chi connectivity index (χ3v) is 3.74. The maximum atomic E-state index is 6.21. The Labute approximate surface area is 118 Å². The van der Waals surface area contributed by atoms with E-state index in [0.29, 0.717) is 5.15 Å². The summed E-state index contributed by atoms with van der Waals surface area (Å²) < 4.78 is 1.69. The van der Waals surface area contributed by atoms with Gasteiger partial charge in [-0.25, -0.2) is 0 Å². The zero-order valence-electron chi connectivity index (χ0n) is 11.3. The van der Waals surface area contributed by atoms with Crippen molar-refractivity contribution in [3.63, 3.8) is 0 Å². The lowest BCUT2D eigenvalue weighted by Crippen LogP contribution is -2.23. The topological polar surface area (TPSA) is 56.7 Å². The first-order valence-electron chi connectivity index (χ1n) is 6.40. The number of pyridine rings is 1. The summed E-state index contributed by atoms with van der Waals surface area (Å²) in [6.45, 7) is 1.97. The molecule has 2 heterocycles. The van der Waals surface area contributed by atoms with E-state index in [4.69, 9.17) is 17.3 Å². The molecule has 0 bridgehead atoms. The molecule has 2 rings (SSSR count). The minimum Gasteiger partial charge on any atom is -0.327 e. The van der Waals surface area contributed by atoms with E-state index in [0.717, 1.165) is 30.5 Å². The fourth-order valence-corrected chi connectivity index (χ4v) is 2.42. The van der Waals surface area contributed by atoms with Crippen LogP contribution in [-0.4, -0.2) is 20.8 Å². The molecule has 0 fully saturated rings. The van der Waals surface area contributed by atoms with E-state index in [1.54, 1.807) is 10.9 Å². The molecule has 2 aromatic heterocycles. The lowest BCUT2D eigenvalue weighted by Gasteiger charge is -2.11. The number of nitrogens with two attached hydrogens (primary N) is 1. The zero-order chi connectivity index (χ0) is 13.8. The van der Waals surface area contributed by atoms with Gasteiger partial charge in [0.1, 0.15) is 5.15 Å². The van der Waals surface area contributed by atoms with E-state index in [9.17, 15) is 0 Å². The van der Waals surface area contributed by atoms with Crippen LogP contribution in [-0.2, 0) is 19.9 Å². The van der Waals surface area contributed by atoms with Gasteiger partial charge >= 0.3 is 0 Å². The second-order valence-corrected chi connectivity index (χ2v) is 5.20. The van der Waals surface area contributed by atoms with E-state index >= 15 is 0 Å². The number of aryl methyl sites for hydroxylation is 3. The number of rotatable bonds is 5. The van der Waals surface area contributed by atoms with Gasteiger partial charge in [-0.2, -0.15) is 5.10 Å². The highest BCUT2D eigenvalue weighted by molar-refractivity contribution is 6.30. The molecule has 2 N–H and O–H groups in total. The Balaban J connectivity index is 1.92. The summed E-state index contributed by atoms with van der Waals surface area (Å²) >= 11 is 6.21. The third-order valence-electron chi connectivity index (χ3n) is 3.26. The Bertz CT molecular complexity index is 536. The Kier molecular flexibility index (Phi) is 4.56. The quantitative estimate of drug-likeness (QED) is 0.913. The maximum Gasteiger partial charge on any atom is 0.130 e. The molecule has 0 saturated carbocycles. The first-order chi connectivity index (χ1) is 9.08. The van der Waals surface area contributed by atoms with Gasteiger partial charge in [0, 0.05) is 31.0 Å². The first kappa shape index (κ1) is 14.0. The van der Waals surface area contributed by atoms with Crippen molar-refractivity contribution in [1.82, 2.24) is 14.8 Å². The fourth-order valence-electron chi connectivity index (χ4n) is 2.17. The third kappa shape index (κ3) is 3.55. The van der Waals surface area contributed by atoms with E-state index in [1.165, 1.54) is 5.56 Å². The van der Waals surface area contributed by atoms with Crippen molar-refractivity contribution in [1.29, 1.82) is 0 Å². The Morgan fingerprint density at radius 1 is 1.47 bits per heavy atom. The van der Waals surface area contributed by atoms with Crippen LogP contribution in [0.15, 0.2) is 24.5 Å². The highest BCUT2D eigenvalue weighted by Gasteiger charge is 2.14. The Morgan fingerprint density at radius 2 is 2.26 bits per heavy atom. The molecule has 0 aliphatic rings. The van der Waals surface area contributed by atoms with Crippen molar-refractivity contribution < 1.29 is 0 Å². The molecule has 0 radical (unpaired) electrons. The van der Waals surface area contributed by atoms with E-state index in [1.807, 2.05) is 26.2 Å². The molecule has 5 heteroatoms. The smallest absolute Gasteiger partial charge is 0.130 e. The SMILES string of the molecule is Cc1nn(C)c(Cl)c1CC(N)CCc1cccnc1. The number of aromatic nitrogens is 3. The van der Waals surface area contributed by atoms with E-state index < -0.39 is 0 Å². The Morgan fingerprint density at radius 3 is 2.84 bits per heavy atom. The monoisotopic (exact) mass is 278 g/mol. The van der Waals surface area contributed by atoms with Crippen LogP contribution in [0.2, 0.25) is 5.15 Å². The molecule has 2 aromatic rings. The number of hydrogen-bond donors (Lipinski definition) is 1. The molecule has 0 aliphatic heterocycles. The largest absolute Gasteiger partial charge is 0.327 e. The van der Waals surface area contributed by atoms with Crippen molar-refractivity contribution in [3.8, 4) is 0 Å². The summed E-state index contributed by atoms with van der Waals surface area (Å²) in [6.07, 6.45) is 6.28. The molecule has 0 aliphatic carbocycles. The van der Waals surface area contributed by atoms with E-state index in [-0.39, 0.29) is 6.04 Å². The highest BCUT2D eigenvalue weighted by atomic mass is 35.5. The van der Waals surface area contributed by atoms with Crippen molar-refractivity contribution in [3.05, 3.63) is 46.5 Å². The van der Waals surface area contributed by atoms with Crippen LogP contribution in [0.4, 0.5) is 0 Å². The zero-order valence-corrected chi connectivity index (χ0v) is 12.1. The van der Waals surface area contributed by atoms with Crippen molar-refractivity contribution in [2.24, 2.45) is 12.8 Å². The van der Waals surface area contributed by atoms with Crippen LogP contribution < -0.4 is 5.73 Å². The molecular formula is C14H19ClN4. The molecule has 0 amide bonds. The van der Waals surface area contributed by atoms with E-state index in [2.05, 4.69) is 16.1 Å². The molecule has 19 heavy (non-hydrogen) atoms. The molecule has 4 nitrogen and oxygen atoms in total. The van der Waals surface area contributed by atoms with Gasteiger partial charge in [-0.15, -0.1) is 0 Å². The average molecular weight is 279 g/mol. The maximum absolute atomic E-state index is 6.21. The molecule has 0 aromatic carbocycles. The summed E-state index contributed by atoms with van der Waals surface area (Å²) in [5, 5.41) is 4.99. The van der Waals surface area contributed by atoms with Crippen LogP contribution in [0, 0.1) is 6.92 Å². The fraction of sp³-hybridized carbons (Fsp3) is 0.429. The standard InChI is InChI=1S/C14H19ClN4/c1-10-13(14(15)19(2)18-10)8-12(16)6-5-11-4-3-7-17-9-11/h3-4,7,9,12H,5-6,8,16H2,1-2H3. The second-order valence-electron chi connectivity index (χ2n) is 4.84. The summed E-state index contributed by atoms with van der Waals surface area (Å²) in [5.41, 5.74) is 9.42. The molecule has 102 valence electrons. The van der Waals surface area contributed by atoms with Gasteiger partial charge in [-0.05, 0) is 37.8 Å². The van der Waals surface area contributed by atoms with Crippen molar-refractivity contribution >= 4 is 11.6 Å². The normalized spacial score (nSPS) is 12.6. The summed E-state index contributed by atoms with van der Waals surface area (Å²) in [6, 6.07) is 4.10. The molecule has 1 atom stereocenters. The summed E-state index contributed by atoms with van der Waals surface area (Å²) in [4.78, 5) is 4.10. The molecule has 1 unspecified atom stereocenters. The summed E-state index contributed by atoms with van der Waals surface area (Å²) in [7, 11) is 1.85. The molecule has 0 spiro atoms. The van der Waals surface area contributed by atoms with Crippen molar-refractivity contribution in [2.45, 2.75) is 32.2 Å². The lowest BCUT2D eigenvalue weighted by molar-refractivity contribution is 0.608. The van der Waals surface area contributed by atoms with Gasteiger partial charge < -0.3 is 5.73 Å². The minimum absolute atomic E-state index is 0.0839. The molecule has 0 saturated heterocycles. The van der Waals surface area contributed by atoms with Crippen LogP contribution >= 0.6 is 11.6 Å². The number of hydrogen-bond acceptors (Lipinski definition) is 3. The number of nitrogens with zero attached hydrogens (tertiary/aromatic N) is 3. The summed E-state index contributed by atoms with van der Waals surface area (Å²) in [5.74, 6) is 0. The predicted molar refractivity (Wildman–Crippen MR) is 77.2 cm³/mol. The lowest BCUT2D eigenvalue weighted by atomic mass is 10.0. The van der Waals surface area contributed by atoms with Crippen LogP contribution in [0.3, 0.4) is 0 Å². The van der Waals surface area contributed by atoms with Crippen LogP contribution in [0.1, 0.15) is 23.2 Å². The molecular weight excluding hydrogens is 260 g/mol. The number of halogens is 1. The van der Waals surface area contributed by atoms with Gasteiger partial charge in [-0.3, -0.25) is 9.67 Å². The first-order valence-corrected chi connectivity index (χ1v) is 6.78.